The number of hydrogen-bond donors (Lipinski definition) is 2. The summed E-state index contributed by atoms with van der Waals surface area (Å²) >= 11 is 0. The van der Waals surface area contributed by atoms with Crippen molar-refractivity contribution in [2.24, 2.45) is 17.6 Å². The molecular weight excluding hydrogens is 432 g/mol. The van der Waals surface area contributed by atoms with Crippen molar-refractivity contribution >= 4 is 29.1 Å². The molecule has 3 rings (SSSR count). The fourth-order valence-electron chi connectivity index (χ4n) is 4.35. The lowest BCUT2D eigenvalue weighted by molar-refractivity contribution is -0.133. The molecule has 8 nitrogen and oxygen atoms in total. The molecule has 0 bridgehead atoms. The normalized spacial score (nSPS) is 17.7. The van der Waals surface area contributed by atoms with Gasteiger partial charge in [0, 0.05) is 18.5 Å². The first-order chi connectivity index (χ1) is 16.1. The predicted octanol–water partition coefficient (Wildman–Crippen LogP) is 2.70. The van der Waals surface area contributed by atoms with Crippen LogP contribution in [0.25, 0.3) is 0 Å². The van der Waals surface area contributed by atoms with Gasteiger partial charge in [-0.3, -0.25) is 14.4 Å². The second-order valence-electron chi connectivity index (χ2n) is 9.20. The van der Waals surface area contributed by atoms with Crippen LogP contribution in [-0.2, 0) is 20.9 Å². The number of likely N-dealkylation sites (N-methyl/N-ethyl adjacent to an activating group) is 1. The molecule has 0 aromatic heterocycles. The third-order valence-electron chi connectivity index (χ3n) is 6.53. The van der Waals surface area contributed by atoms with Crippen molar-refractivity contribution in [1.29, 1.82) is 0 Å². The molecule has 1 aliphatic heterocycles. The number of nitrogens with two attached hydrogens (primary N) is 1. The van der Waals surface area contributed by atoms with E-state index in [0.717, 1.165) is 5.56 Å². The molecule has 0 radical (unpaired) electrons. The highest BCUT2D eigenvalue weighted by Crippen LogP contribution is 2.39. The van der Waals surface area contributed by atoms with Crippen molar-refractivity contribution in [3.8, 4) is 5.75 Å². The van der Waals surface area contributed by atoms with Gasteiger partial charge < -0.3 is 25.6 Å². The van der Waals surface area contributed by atoms with Crippen molar-refractivity contribution in [1.82, 2.24) is 5.32 Å². The van der Waals surface area contributed by atoms with Crippen LogP contribution in [-0.4, -0.2) is 44.0 Å². The van der Waals surface area contributed by atoms with E-state index >= 15 is 0 Å². The molecule has 8 heteroatoms. The van der Waals surface area contributed by atoms with Crippen LogP contribution in [0.15, 0.2) is 48.5 Å². The number of methoxy groups -OCH3 is 1. The van der Waals surface area contributed by atoms with Gasteiger partial charge in [0.05, 0.1) is 30.9 Å². The maximum atomic E-state index is 14.1. The zero-order chi connectivity index (χ0) is 25.0. The average molecular weight is 467 g/mol. The van der Waals surface area contributed by atoms with Crippen molar-refractivity contribution in [2.45, 2.75) is 39.3 Å². The molecule has 2 aromatic carbocycles. The molecule has 0 spiro atoms. The fourth-order valence-corrected chi connectivity index (χ4v) is 4.35. The molecular formula is C26H34N4O4. The SMILES string of the molecule is CNC(C)(C(N)=O)[C@@H]1CN(C(=O)CC(C)C)c2ccccc2N(Cc2ccccc2OC)C1=O. The Morgan fingerprint density at radius 3 is 2.35 bits per heavy atom. The highest BCUT2D eigenvalue weighted by Gasteiger charge is 2.48. The first-order valence-corrected chi connectivity index (χ1v) is 11.5. The number of nitrogens with zero attached hydrogens (tertiary/aromatic N) is 2. The molecule has 3 N–H and O–H groups in total. The predicted molar refractivity (Wildman–Crippen MR) is 133 cm³/mol. The molecule has 1 aliphatic rings. The van der Waals surface area contributed by atoms with Gasteiger partial charge in [-0.15, -0.1) is 0 Å². The van der Waals surface area contributed by atoms with Crippen LogP contribution in [0.5, 0.6) is 5.75 Å². The highest BCUT2D eigenvalue weighted by molar-refractivity contribution is 6.08. The van der Waals surface area contributed by atoms with Crippen LogP contribution in [0.3, 0.4) is 0 Å². The summed E-state index contributed by atoms with van der Waals surface area (Å²) in [7, 11) is 3.18. The number of primary amides is 1. The van der Waals surface area contributed by atoms with Crippen LogP contribution < -0.4 is 25.6 Å². The fraction of sp³-hybridized carbons (Fsp3) is 0.423. The number of benzene rings is 2. The Balaban J connectivity index is 2.20. The van der Waals surface area contributed by atoms with Gasteiger partial charge in [0.15, 0.2) is 0 Å². The third-order valence-corrected chi connectivity index (χ3v) is 6.53. The second kappa shape index (κ2) is 10.3. The molecule has 0 saturated heterocycles. The zero-order valence-corrected chi connectivity index (χ0v) is 20.5. The topological polar surface area (TPSA) is 105 Å². The molecule has 0 aliphatic carbocycles. The molecule has 3 amide bonds. The number of hydrogen-bond acceptors (Lipinski definition) is 5. The molecule has 2 atom stereocenters. The number of para-hydroxylation sites is 3. The first-order valence-electron chi connectivity index (χ1n) is 11.5. The molecule has 0 fully saturated rings. The van der Waals surface area contributed by atoms with Crippen molar-refractivity contribution in [3.05, 3.63) is 54.1 Å². The van der Waals surface area contributed by atoms with E-state index in [-0.39, 0.29) is 30.8 Å². The quantitative estimate of drug-likeness (QED) is 0.622. The Hall–Kier alpha value is -3.39. The van der Waals surface area contributed by atoms with E-state index in [0.29, 0.717) is 23.5 Å². The van der Waals surface area contributed by atoms with Crippen LogP contribution in [0.4, 0.5) is 11.4 Å². The van der Waals surface area contributed by atoms with E-state index in [1.54, 1.807) is 30.9 Å². The van der Waals surface area contributed by atoms with Gasteiger partial charge in [0.25, 0.3) is 0 Å². The summed E-state index contributed by atoms with van der Waals surface area (Å²) in [6.07, 6.45) is 0.314. The summed E-state index contributed by atoms with van der Waals surface area (Å²) < 4.78 is 5.51. The maximum Gasteiger partial charge on any atom is 0.238 e. The lowest BCUT2D eigenvalue weighted by Crippen LogP contribution is -2.63. The number of carbonyl (C=O) groups excluding carboxylic acids is 3. The molecule has 1 unspecified atom stereocenters. The molecule has 34 heavy (non-hydrogen) atoms. The Morgan fingerprint density at radius 1 is 1.15 bits per heavy atom. The summed E-state index contributed by atoms with van der Waals surface area (Å²) in [5, 5.41) is 2.96. The Bertz CT molecular complexity index is 1070. The van der Waals surface area contributed by atoms with E-state index in [9.17, 15) is 14.4 Å². The van der Waals surface area contributed by atoms with Crippen molar-refractivity contribution < 1.29 is 19.1 Å². The Labute approximate surface area is 201 Å². The van der Waals surface area contributed by atoms with Crippen molar-refractivity contribution in [3.63, 3.8) is 0 Å². The smallest absolute Gasteiger partial charge is 0.238 e. The minimum atomic E-state index is -1.37. The maximum absolute atomic E-state index is 14.1. The first kappa shape index (κ1) is 25.2. The van der Waals surface area contributed by atoms with E-state index < -0.39 is 17.4 Å². The number of nitrogens with one attached hydrogen (secondary N) is 1. The highest BCUT2D eigenvalue weighted by atomic mass is 16.5. The number of rotatable bonds is 8. The largest absolute Gasteiger partial charge is 0.496 e. The van der Waals surface area contributed by atoms with Crippen molar-refractivity contribution in [2.75, 3.05) is 30.5 Å². The summed E-state index contributed by atoms with van der Waals surface area (Å²) in [5.41, 5.74) is 6.44. The molecule has 1 heterocycles. The summed E-state index contributed by atoms with van der Waals surface area (Å²) in [6.45, 7) is 5.80. The van der Waals surface area contributed by atoms with Gasteiger partial charge in [0.2, 0.25) is 17.7 Å². The lowest BCUT2D eigenvalue weighted by Gasteiger charge is -2.36. The van der Waals surface area contributed by atoms with Gasteiger partial charge in [-0.2, -0.15) is 0 Å². The van der Waals surface area contributed by atoms with E-state index in [1.807, 2.05) is 62.4 Å². The number of amides is 3. The van der Waals surface area contributed by atoms with Crippen LogP contribution in [0, 0.1) is 11.8 Å². The van der Waals surface area contributed by atoms with Gasteiger partial charge in [0.1, 0.15) is 11.3 Å². The minimum absolute atomic E-state index is 0.0318. The van der Waals surface area contributed by atoms with Gasteiger partial charge in [-0.05, 0) is 38.1 Å². The van der Waals surface area contributed by atoms with E-state index in [1.165, 1.54) is 0 Å². The number of fused-ring (bicyclic) bond motifs is 1. The van der Waals surface area contributed by atoms with Crippen LogP contribution in [0.2, 0.25) is 0 Å². The standard InChI is InChI=1S/C26H34N4O4/c1-17(2)14-23(31)29-16-19(26(3,28-4)25(27)33)24(32)30(21-12-8-7-11-20(21)29)15-18-10-6-9-13-22(18)34-5/h6-13,17,19,28H,14-16H2,1-5H3,(H2,27,33)/t19-,26?/m1/s1. The van der Waals surface area contributed by atoms with E-state index in [2.05, 4.69) is 5.32 Å². The third kappa shape index (κ3) is 4.77. The second-order valence-corrected chi connectivity index (χ2v) is 9.20. The molecule has 0 saturated carbocycles. The summed E-state index contributed by atoms with van der Waals surface area (Å²) in [5.74, 6) is -1.20. The molecule has 2 aromatic rings. The van der Waals surface area contributed by atoms with Gasteiger partial charge in [-0.25, -0.2) is 0 Å². The Kier molecular flexibility index (Phi) is 7.61. The summed E-state index contributed by atoms with van der Waals surface area (Å²) in [6, 6.07) is 14.8. The number of ether oxygens (including phenoxy) is 1. The van der Waals surface area contributed by atoms with Crippen LogP contribution in [0.1, 0.15) is 32.8 Å². The summed E-state index contributed by atoms with van der Waals surface area (Å²) in [4.78, 5) is 43.3. The van der Waals surface area contributed by atoms with E-state index in [4.69, 9.17) is 10.5 Å². The monoisotopic (exact) mass is 466 g/mol. The zero-order valence-electron chi connectivity index (χ0n) is 20.5. The Morgan fingerprint density at radius 2 is 1.76 bits per heavy atom. The van der Waals surface area contributed by atoms with Crippen LogP contribution >= 0.6 is 0 Å². The lowest BCUT2D eigenvalue weighted by atomic mass is 9.83. The van der Waals surface area contributed by atoms with Gasteiger partial charge >= 0.3 is 0 Å². The molecule has 182 valence electrons. The number of anilines is 2. The number of carbonyl (C=O) groups is 3. The van der Waals surface area contributed by atoms with Gasteiger partial charge in [-0.1, -0.05) is 44.2 Å². The average Bonchev–Trinajstić information content (AvgIpc) is 2.93. The minimum Gasteiger partial charge on any atom is -0.496 e.